The van der Waals surface area contributed by atoms with Crippen LogP contribution in [0.2, 0.25) is 5.02 Å². The Morgan fingerprint density at radius 3 is 2.84 bits per heavy atom. The van der Waals surface area contributed by atoms with Crippen molar-refractivity contribution in [2.24, 2.45) is 0 Å². The van der Waals surface area contributed by atoms with Crippen LogP contribution < -0.4 is 4.74 Å². The lowest BCUT2D eigenvalue weighted by atomic mass is 9.96. The van der Waals surface area contributed by atoms with E-state index in [1.54, 1.807) is 0 Å². The molecule has 1 atom stereocenters. The number of hydrogen-bond acceptors (Lipinski definition) is 2. The summed E-state index contributed by atoms with van der Waals surface area (Å²) in [5, 5.41) is 11.2. The van der Waals surface area contributed by atoms with Gasteiger partial charge >= 0.3 is 0 Å². The van der Waals surface area contributed by atoms with Crippen molar-refractivity contribution < 1.29 is 9.84 Å². The number of ether oxygens (including phenoxy) is 1. The van der Waals surface area contributed by atoms with Gasteiger partial charge in [-0.1, -0.05) is 23.7 Å². The van der Waals surface area contributed by atoms with E-state index in [-0.39, 0.29) is 0 Å². The summed E-state index contributed by atoms with van der Waals surface area (Å²) in [6, 6.07) is 11.4. The summed E-state index contributed by atoms with van der Waals surface area (Å²) in [6.45, 7) is 2.69. The Balaban J connectivity index is 1.97. The number of benzene rings is 2. The number of fused-ring (bicyclic) bond motifs is 1. The summed E-state index contributed by atoms with van der Waals surface area (Å²) in [5.74, 6) is 0.934. The van der Waals surface area contributed by atoms with Gasteiger partial charge in [-0.3, -0.25) is 0 Å². The van der Waals surface area contributed by atoms with Crippen molar-refractivity contribution in [2.75, 3.05) is 6.61 Å². The molecule has 0 spiro atoms. The second kappa shape index (κ2) is 4.87. The van der Waals surface area contributed by atoms with Gasteiger partial charge in [-0.15, -0.1) is 0 Å². The monoisotopic (exact) mass is 274 g/mol. The highest BCUT2D eigenvalue weighted by molar-refractivity contribution is 6.30. The van der Waals surface area contributed by atoms with E-state index in [2.05, 4.69) is 0 Å². The lowest BCUT2D eigenvalue weighted by Crippen LogP contribution is -2.02. The number of halogens is 1. The predicted molar refractivity (Wildman–Crippen MR) is 75.9 cm³/mol. The van der Waals surface area contributed by atoms with Crippen LogP contribution in [-0.4, -0.2) is 11.7 Å². The normalized spacial score (nSPS) is 14.9. The van der Waals surface area contributed by atoms with Gasteiger partial charge in [0.05, 0.1) is 6.61 Å². The fourth-order valence-corrected chi connectivity index (χ4v) is 2.73. The van der Waals surface area contributed by atoms with Gasteiger partial charge in [-0.05, 0) is 53.4 Å². The Morgan fingerprint density at radius 2 is 2.05 bits per heavy atom. The summed E-state index contributed by atoms with van der Waals surface area (Å²) in [5.41, 5.74) is 3.96. The van der Waals surface area contributed by atoms with E-state index in [4.69, 9.17) is 16.3 Å². The first-order valence-electron chi connectivity index (χ1n) is 6.35. The third-order valence-corrected chi connectivity index (χ3v) is 3.79. The highest BCUT2D eigenvalue weighted by Gasteiger charge is 2.17. The Bertz CT molecular complexity index is 622. The summed E-state index contributed by atoms with van der Waals surface area (Å²) in [4.78, 5) is 0. The summed E-state index contributed by atoms with van der Waals surface area (Å²) in [6.07, 6.45) is 0.290. The first kappa shape index (κ1) is 12.5. The van der Waals surface area contributed by atoms with Crippen LogP contribution in [-0.2, 0) is 6.42 Å². The zero-order valence-corrected chi connectivity index (χ0v) is 11.4. The lowest BCUT2D eigenvalue weighted by molar-refractivity contribution is 0.219. The van der Waals surface area contributed by atoms with Gasteiger partial charge < -0.3 is 9.84 Å². The average molecular weight is 275 g/mol. The van der Waals surface area contributed by atoms with Crippen LogP contribution in [0, 0.1) is 6.92 Å². The van der Waals surface area contributed by atoms with Gasteiger partial charge in [-0.25, -0.2) is 0 Å². The molecule has 2 aromatic rings. The van der Waals surface area contributed by atoms with Crippen LogP contribution in [0.3, 0.4) is 0 Å². The van der Waals surface area contributed by atoms with Crippen molar-refractivity contribution in [3.63, 3.8) is 0 Å². The molecule has 0 fully saturated rings. The zero-order chi connectivity index (χ0) is 13.4. The smallest absolute Gasteiger partial charge is 0.122 e. The molecular weight excluding hydrogens is 260 g/mol. The molecule has 0 saturated carbocycles. The predicted octanol–water partition coefficient (Wildman–Crippen LogP) is 3.67. The molecule has 1 N–H and O–H groups in total. The van der Waals surface area contributed by atoms with E-state index in [1.807, 2.05) is 43.3 Å². The van der Waals surface area contributed by atoms with Crippen LogP contribution in [0.25, 0.3) is 0 Å². The van der Waals surface area contributed by atoms with Crippen molar-refractivity contribution >= 4 is 11.6 Å². The summed E-state index contributed by atoms with van der Waals surface area (Å²) >= 11 is 5.95. The largest absolute Gasteiger partial charge is 0.493 e. The van der Waals surface area contributed by atoms with Crippen LogP contribution in [0.15, 0.2) is 36.4 Å². The molecule has 0 bridgehead atoms. The van der Waals surface area contributed by atoms with E-state index in [0.29, 0.717) is 5.02 Å². The van der Waals surface area contributed by atoms with Crippen molar-refractivity contribution in [3.8, 4) is 5.75 Å². The standard InChI is InChI=1S/C16H15ClO2/c1-10-8-13(17)3-4-14(10)16(18)12-2-5-15-11(9-12)6-7-19-15/h2-5,8-9,16,18H,6-7H2,1H3. The molecule has 0 amide bonds. The Labute approximate surface area is 117 Å². The maximum Gasteiger partial charge on any atom is 0.122 e. The first-order chi connectivity index (χ1) is 9.15. The van der Waals surface area contributed by atoms with E-state index in [0.717, 1.165) is 35.5 Å². The number of aliphatic hydroxyl groups excluding tert-OH is 1. The third-order valence-electron chi connectivity index (χ3n) is 3.56. The van der Waals surface area contributed by atoms with Gasteiger partial charge in [0.15, 0.2) is 0 Å². The van der Waals surface area contributed by atoms with Crippen LogP contribution in [0.5, 0.6) is 5.75 Å². The Morgan fingerprint density at radius 1 is 1.21 bits per heavy atom. The van der Waals surface area contributed by atoms with Crippen molar-refractivity contribution in [1.82, 2.24) is 0 Å². The molecule has 0 radical (unpaired) electrons. The molecule has 1 unspecified atom stereocenters. The minimum Gasteiger partial charge on any atom is -0.493 e. The third kappa shape index (κ3) is 2.34. The topological polar surface area (TPSA) is 29.5 Å². The number of hydrogen-bond donors (Lipinski definition) is 1. The highest BCUT2D eigenvalue weighted by atomic mass is 35.5. The van der Waals surface area contributed by atoms with Gasteiger partial charge in [0, 0.05) is 11.4 Å². The van der Waals surface area contributed by atoms with Gasteiger partial charge in [0.2, 0.25) is 0 Å². The highest BCUT2D eigenvalue weighted by Crippen LogP contribution is 2.32. The van der Waals surface area contributed by atoms with E-state index in [1.165, 1.54) is 5.56 Å². The maximum atomic E-state index is 10.5. The molecule has 2 aromatic carbocycles. The lowest BCUT2D eigenvalue weighted by Gasteiger charge is -2.15. The molecule has 1 aliphatic heterocycles. The molecule has 1 heterocycles. The molecular formula is C16H15ClO2. The van der Waals surface area contributed by atoms with E-state index < -0.39 is 6.10 Å². The molecule has 19 heavy (non-hydrogen) atoms. The maximum absolute atomic E-state index is 10.5. The Kier molecular flexibility index (Phi) is 3.21. The number of rotatable bonds is 2. The second-order valence-electron chi connectivity index (χ2n) is 4.87. The SMILES string of the molecule is Cc1cc(Cl)ccc1C(O)c1ccc2c(c1)CCO2. The minimum absolute atomic E-state index is 0.622. The fraction of sp³-hybridized carbons (Fsp3) is 0.250. The van der Waals surface area contributed by atoms with Gasteiger partial charge in [0.1, 0.15) is 11.9 Å². The van der Waals surface area contributed by atoms with Gasteiger partial charge in [-0.2, -0.15) is 0 Å². The molecule has 3 heteroatoms. The minimum atomic E-state index is -0.622. The zero-order valence-electron chi connectivity index (χ0n) is 10.7. The van der Waals surface area contributed by atoms with Crippen molar-refractivity contribution in [1.29, 1.82) is 0 Å². The van der Waals surface area contributed by atoms with E-state index in [9.17, 15) is 5.11 Å². The van der Waals surface area contributed by atoms with Crippen LogP contribution in [0.1, 0.15) is 28.4 Å². The number of aryl methyl sites for hydroxylation is 1. The van der Waals surface area contributed by atoms with Crippen LogP contribution in [0.4, 0.5) is 0 Å². The summed E-state index contributed by atoms with van der Waals surface area (Å²) < 4.78 is 5.48. The molecule has 0 saturated heterocycles. The van der Waals surface area contributed by atoms with Crippen molar-refractivity contribution in [2.45, 2.75) is 19.4 Å². The van der Waals surface area contributed by atoms with Crippen LogP contribution >= 0.6 is 11.6 Å². The second-order valence-corrected chi connectivity index (χ2v) is 5.31. The van der Waals surface area contributed by atoms with Crippen molar-refractivity contribution in [3.05, 3.63) is 63.7 Å². The molecule has 1 aliphatic rings. The molecule has 98 valence electrons. The first-order valence-corrected chi connectivity index (χ1v) is 6.72. The molecule has 0 aliphatic carbocycles. The average Bonchev–Trinajstić information content (AvgIpc) is 2.85. The molecule has 2 nitrogen and oxygen atoms in total. The molecule has 3 rings (SSSR count). The fourth-order valence-electron chi connectivity index (χ4n) is 2.50. The summed E-state index contributed by atoms with van der Waals surface area (Å²) in [7, 11) is 0. The van der Waals surface area contributed by atoms with Gasteiger partial charge in [0.25, 0.3) is 0 Å². The molecule has 0 aromatic heterocycles. The quantitative estimate of drug-likeness (QED) is 0.905. The Hall–Kier alpha value is -1.51. The van der Waals surface area contributed by atoms with E-state index >= 15 is 0 Å². The number of aliphatic hydroxyl groups is 1.